The van der Waals surface area contributed by atoms with E-state index in [2.05, 4.69) is 0 Å². The van der Waals surface area contributed by atoms with Crippen LogP contribution in [-0.2, 0) is 0 Å². The number of nitrogens with two attached hydrogens (primary N) is 1. The Kier molecular flexibility index (Phi) is 5.03. The number of hydrogen-bond acceptors (Lipinski definition) is 2. The van der Waals surface area contributed by atoms with E-state index in [9.17, 15) is 10.1 Å². The molecule has 5 heteroatoms. The molecule has 4 nitrogen and oxygen atoms in total. The molecule has 0 saturated carbocycles. The van der Waals surface area contributed by atoms with Crippen LogP contribution in [0.4, 0.5) is 11.4 Å². The smallest absolute Gasteiger partial charge is 0.275 e. The summed E-state index contributed by atoms with van der Waals surface area (Å²) in [6.07, 6.45) is 0. The van der Waals surface area contributed by atoms with Crippen molar-refractivity contribution in [1.29, 1.82) is 0 Å². The molecule has 0 aliphatic heterocycles. The zero-order valence-electron chi connectivity index (χ0n) is 7.24. The molecule has 0 amide bonds. The minimum atomic E-state index is -0.382. The first-order chi connectivity index (χ1) is 5.74. The molecule has 2 N–H and O–H groups in total. The van der Waals surface area contributed by atoms with Crippen molar-refractivity contribution in [1.82, 2.24) is 0 Å². The molecule has 0 unspecified atom stereocenters. The Morgan fingerprint density at radius 1 is 1.54 bits per heavy atom. The molecule has 1 aromatic rings. The first kappa shape index (κ1) is 11.9. The summed E-state index contributed by atoms with van der Waals surface area (Å²) in [5.41, 5.74) is 1.06. The molecule has 0 bridgehead atoms. The average molecular weight is 203 g/mol. The van der Waals surface area contributed by atoms with Gasteiger partial charge in [0.2, 0.25) is 0 Å². The molecule has 0 fully saturated rings. The Labute approximate surface area is 82.5 Å². The summed E-state index contributed by atoms with van der Waals surface area (Å²) < 4.78 is 0. The fraction of sp³-hybridized carbons (Fsp3) is 0.250. The lowest BCUT2D eigenvalue weighted by molar-refractivity contribution is -0.568. The topological polar surface area (TPSA) is 59.8 Å². The van der Waals surface area contributed by atoms with E-state index in [0.717, 1.165) is 12.2 Å². The predicted molar refractivity (Wildman–Crippen MR) is 45.2 cm³/mol. The van der Waals surface area contributed by atoms with Gasteiger partial charge in [-0.2, -0.15) is 0 Å². The van der Waals surface area contributed by atoms with Crippen molar-refractivity contribution in [2.45, 2.75) is 6.92 Å². The Morgan fingerprint density at radius 2 is 2.23 bits per heavy atom. The Bertz CT molecular complexity index is 291. The lowest BCUT2D eigenvalue weighted by atomic mass is 10.3. The summed E-state index contributed by atoms with van der Waals surface area (Å²) in [6.45, 7) is 2.89. The third-order valence-corrected chi connectivity index (χ3v) is 1.52. The van der Waals surface area contributed by atoms with E-state index in [1.54, 1.807) is 12.1 Å². The van der Waals surface area contributed by atoms with Gasteiger partial charge in [-0.1, -0.05) is 0 Å². The minimum absolute atomic E-state index is 0. The third-order valence-electron chi connectivity index (χ3n) is 1.52. The van der Waals surface area contributed by atoms with Gasteiger partial charge in [-0.05, 0) is 19.1 Å². The van der Waals surface area contributed by atoms with E-state index in [1.165, 1.54) is 6.07 Å². The van der Waals surface area contributed by atoms with Crippen molar-refractivity contribution < 1.29 is 22.6 Å². The van der Waals surface area contributed by atoms with E-state index in [0.29, 0.717) is 0 Å². The quantitative estimate of drug-likeness (QED) is 0.344. The number of non-ortho nitro benzene ring substituents is 1. The van der Waals surface area contributed by atoms with Crippen molar-refractivity contribution in [3.63, 3.8) is 0 Å². The van der Waals surface area contributed by atoms with E-state index in [4.69, 9.17) is 0 Å². The molecular formula is C8H11ClN2O2. The van der Waals surface area contributed by atoms with Crippen LogP contribution in [0.15, 0.2) is 24.3 Å². The average Bonchev–Trinajstić information content (AvgIpc) is 2.05. The molecule has 0 heterocycles. The van der Waals surface area contributed by atoms with E-state index < -0.39 is 0 Å². The highest BCUT2D eigenvalue weighted by atomic mass is 35.5. The van der Waals surface area contributed by atoms with Crippen LogP contribution >= 0.6 is 0 Å². The maximum absolute atomic E-state index is 10.3. The number of benzene rings is 1. The van der Waals surface area contributed by atoms with Crippen molar-refractivity contribution >= 4 is 11.4 Å². The molecule has 0 radical (unpaired) electrons. The monoisotopic (exact) mass is 202 g/mol. The van der Waals surface area contributed by atoms with Crippen molar-refractivity contribution in [3.05, 3.63) is 34.4 Å². The molecule has 1 aromatic carbocycles. The fourth-order valence-electron chi connectivity index (χ4n) is 1.00. The summed E-state index contributed by atoms with van der Waals surface area (Å²) >= 11 is 0. The molecule has 72 valence electrons. The molecule has 1 rings (SSSR count). The van der Waals surface area contributed by atoms with E-state index >= 15 is 0 Å². The number of quaternary nitrogens is 1. The van der Waals surface area contributed by atoms with Gasteiger partial charge in [0, 0.05) is 6.07 Å². The van der Waals surface area contributed by atoms with E-state index in [-0.39, 0.29) is 23.0 Å². The standard InChI is InChI=1S/C8H10N2O2.ClH/c1-2-9-7-4-3-5-8(6-7)10(11)12;/h3-6,9H,2H2,1H3;1H. The van der Waals surface area contributed by atoms with Crippen LogP contribution in [0.3, 0.4) is 0 Å². The second kappa shape index (κ2) is 5.50. The highest BCUT2D eigenvalue weighted by Crippen LogP contribution is 2.12. The summed E-state index contributed by atoms with van der Waals surface area (Å²) in [5, 5.41) is 12.3. The minimum Gasteiger partial charge on any atom is -1.00 e. The van der Waals surface area contributed by atoms with Crippen LogP contribution in [0.2, 0.25) is 0 Å². The van der Waals surface area contributed by atoms with Gasteiger partial charge in [-0.25, -0.2) is 0 Å². The number of rotatable bonds is 3. The molecule has 0 aliphatic rings. The van der Waals surface area contributed by atoms with Crippen LogP contribution in [0.25, 0.3) is 0 Å². The zero-order valence-corrected chi connectivity index (χ0v) is 7.99. The number of nitro benzene ring substituents is 1. The van der Waals surface area contributed by atoms with Crippen LogP contribution in [0.5, 0.6) is 0 Å². The van der Waals surface area contributed by atoms with Crippen molar-refractivity contribution in [2.24, 2.45) is 0 Å². The molecule has 0 spiro atoms. The summed E-state index contributed by atoms with van der Waals surface area (Å²) in [5.74, 6) is 0. The van der Waals surface area contributed by atoms with Gasteiger partial charge in [0.1, 0.15) is 5.69 Å². The highest BCUT2D eigenvalue weighted by molar-refractivity contribution is 5.41. The fourth-order valence-corrected chi connectivity index (χ4v) is 1.00. The molecule has 0 saturated heterocycles. The summed E-state index contributed by atoms with van der Waals surface area (Å²) in [4.78, 5) is 9.97. The van der Waals surface area contributed by atoms with Crippen molar-refractivity contribution in [3.8, 4) is 0 Å². The maximum Gasteiger partial charge on any atom is 0.275 e. The second-order valence-corrected chi connectivity index (χ2v) is 2.46. The lowest BCUT2D eigenvalue weighted by Crippen LogP contribution is -3.00. The molecule has 0 aliphatic carbocycles. The first-order valence-electron chi connectivity index (χ1n) is 3.81. The van der Waals surface area contributed by atoms with E-state index in [1.807, 2.05) is 18.3 Å². The van der Waals surface area contributed by atoms with Crippen LogP contribution in [-0.4, -0.2) is 11.5 Å². The maximum atomic E-state index is 10.3. The van der Waals surface area contributed by atoms with Gasteiger partial charge < -0.3 is 17.7 Å². The molecule has 0 aromatic heterocycles. The molecule has 13 heavy (non-hydrogen) atoms. The number of hydrogen-bond donors (Lipinski definition) is 1. The number of nitrogens with zero attached hydrogens (tertiary/aromatic N) is 1. The van der Waals surface area contributed by atoms with Gasteiger partial charge in [0.15, 0.2) is 0 Å². The highest BCUT2D eigenvalue weighted by Gasteiger charge is 2.06. The van der Waals surface area contributed by atoms with Gasteiger partial charge in [0.25, 0.3) is 5.69 Å². The van der Waals surface area contributed by atoms with Gasteiger partial charge in [-0.15, -0.1) is 0 Å². The Morgan fingerprint density at radius 3 is 2.77 bits per heavy atom. The molecule has 0 atom stereocenters. The first-order valence-corrected chi connectivity index (χ1v) is 3.81. The SMILES string of the molecule is CC[NH2+]c1cccc([N+](=O)[O-])c1.[Cl-]. The summed E-state index contributed by atoms with van der Waals surface area (Å²) in [7, 11) is 0. The third kappa shape index (κ3) is 3.40. The number of halogens is 1. The zero-order chi connectivity index (χ0) is 8.97. The van der Waals surface area contributed by atoms with Crippen LogP contribution in [0.1, 0.15) is 6.92 Å². The van der Waals surface area contributed by atoms with Gasteiger partial charge >= 0.3 is 0 Å². The van der Waals surface area contributed by atoms with Gasteiger partial charge in [-0.3, -0.25) is 10.1 Å². The normalized spacial score (nSPS) is 9.00. The van der Waals surface area contributed by atoms with Crippen LogP contribution < -0.4 is 17.7 Å². The molecular weight excluding hydrogens is 192 g/mol. The Balaban J connectivity index is 0.00000144. The Hall–Kier alpha value is -1.13. The largest absolute Gasteiger partial charge is 1.00 e. The van der Waals surface area contributed by atoms with Crippen molar-refractivity contribution in [2.75, 3.05) is 6.54 Å². The summed E-state index contributed by atoms with van der Waals surface area (Å²) in [6, 6.07) is 6.62. The number of nitro groups is 1. The van der Waals surface area contributed by atoms with Gasteiger partial charge in [0.05, 0.1) is 17.5 Å². The second-order valence-electron chi connectivity index (χ2n) is 2.46. The predicted octanol–water partition coefficient (Wildman–Crippen LogP) is -2.19. The van der Waals surface area contributed by atoms with Crippen LogP contribution in [0, 0.1) is 10.1 Å². The lowest BCUT2D eigenvalue weighted by Gasteiger charge is -1.95.